The maximum Gasteiger partial charge on any atom is 0.171 e. The van der Waals surface area contributed by atoms with Crippen LogP contribution in [-0.4, -0.2) is 29.5 Å². The summed E-state index contributed by atoms with van der Waals surface area (Å²) in [5.41, 5.74) is 5.95. The van der Waals surface area contributed by atoms with E-state index in [2.05, 4.69) is 5.16 Å². The first-order valence-corrected chi connectivity index (χ1v) is 6.71. The van der Waals surface area contributed by atoms with Gasteiger partial charge in [0.2, 0.25) is 0 Å². The Morgan fingerprint density at radius 1 is 1.61 bits per heavy atom. The minimum Gasteiger partial charge on any atom is -0.409 e. The number of ether oxygens (including phenoxy) is 1. The van der Waals surface area contributed by atoms with Crippen LogP contribution in [0.2, 0.25) is 0 Å². The number of thioether (sulfide) groups is 1. The van der Waals surface area contributed by atoms with Crippen LogP contribution in [0.5, 0.6) is 0 Å². The highest BCUT2D eigenvalue weighted by Crippen LogP contribution is 2.27. The molecule has 6 heteroatoms. The zero-order valence-electron chi connectivity index (χ0n) is 9.80. The molecule has 0 aliphatic carbocycles. The Morgan fingerprint density at radius 2 is 2.44 bits per heavy atom. The molecular formula is C12H15FN2O2S. The fraction of sp³-hybridized carbons (Fsp3) is 0.417. The molecule has 1 atom stereocenters. The molecule has 98 valence electrons. The largest absolute Gasteiger partial charge is 0.409 e. The lowest BCUT2D eigenvalue weighted by atomic mass is 10.2. The third-order valence-corrected chi connectivity index (χ3v) is 3.98. The summed E-state index contributed by atoms with van der Waals surface area (Å²) < 4.78 is 18.7. The molecule has 1 saturated heterocycles. The Hall–Kier alpha value is -1.27. The molecule has 1 aromatic rings. The quantitative estimate of drug-likeness (QED) is 0.289. The lowest BCUT2D eigenvalue weighted by Crippen LogP contribution is -2.15. The molecule has 1 fully saturated rings. The van der Waals surface area contributed by atoms with Crippen molar-refractivity contribution in [2.45, 2.75) is 23.8 Å². The fourth-order valence-corrected chi connectivity index (χ4v) is 2.95. The van der Waals surface area contributed by atoms with Crippen LogP contribution >= 0.6 is 11.8 Å². The lowest BCUT2D eigenvalue weighted by molar-refractivity contribution is 0.129. The van der Waals surface area contributed by atoms with E-state index >= 15 is 0 Å². The van der Waals surface area contributed by atoms with E-state index in [9.17, 15) is 4.39 Å². The molecular weight excluding hydrogens is 255 g/mol. The molecule has 1 aliphatic heterocycles. The number of oxime groups is 1. The van der Waals surface area contributed by atoms with Gasteiger partial charge in [-0.2, -0.15) is 0 Å². The topological polar surface area (TPSA) is 67.8 Å². The van der Waals surface area contributed by atoms with Gasteiger partial charge in [-0.25, -0.2) is 4.39 Å². The number of hydrogen-bond donors (Lipinski definition) is 2. The minimum atomic E-state index is -0.405. The van der Waals surface area contributed by atoms with Crippen LogP contribution in [0.15, 0.2) is 28.3 Å². The first-order chi connectivity index (χ1) is 8.70. The van der Waals surface area contributed by atoms with Crippen molar-refractivity contribution in [2.24, 2.45) is 10.9 Å². The highest BCUT2D eigenvalue weighted by molar-refractivity contribution is 7.99. The fourth-order valence-electron chi connectivity index (χ4n) is 1.84. The van der Waals surface area contributed by atoms with Gasteiger partial charge in [-0.3, -0.25) is 0 Å². The third-order valence-electron chi connectivity index (χ3n) is 2.77. The lowest BCUT2D eigenvalue weighted by Gasteiger charge is -2.11. The molecule has 1 unspecified atom stereocenters. The summed E-state index contributed by atoms with van der Waals surface area (Å²) in [6.45, 7) is 0.807. The van der Waals surface area contributed by atoms with Gasteiger partial charge in [0.15, 0.2) is 5.84 Å². The van der Waals surface area contributed by atoms with Gasteiger partial charge in [0.05, 0.1) is 6.10 Å². The van der Waals surface area contributed by atoms with Crippen molar-refractivity contribution in [2.75, 3.05) is 12.4 Å². The molecule has 0 amide bonds. The molecule has 2 rings (SSSR count). The smallest absolute Gasteiger partial charge is 0.171 e. The second-order valence-corrected chi connectivity index (χ2v) is 5.13. The number of amidine groups is 1. The Balaban J connectivity index is 2.10. The normalized spacial score (nSPS) is 20.3. The average molecular weight is 270 g/mol. The number of halogens is 1. The number of nitrogens with two attached hydrogens (primary N) is 1. The van der Waals surface area contributed by atoms with Gasteiger partial charge >= 0.3 is 0 Å². The second kappa shape index (κ2) is 6.06. The van der Waals surface area contributed by atoms with Crippen LogP contribution in [0.4, 0.5) is 4.39 Å². The van der Waals surface area contributed by atoms with Crippen molar-refractivity contribution in [3.05, 3.63) is 29.6 Å². The van der Waals surface area contributed by atoms with Gasteiger partial charge in [0.1, 0.15) is 5.82 Å². The Kier molecular flexibility index (Phi) is 4.43. The predicted molar refractivity (Wildman–Crippen MR) is 68.6 cm³/mol. The average Bonchev–Trinajstić information content (AvgIpc) is 2.89. The summed E-state index contributed by atoms with van der Waals surface area (Å²) in [6.07, 6.45) is 2.37. The maximum absolute atomic E-state index is 13.2. The van der Waals surface area contributed by atoms with Crippen molar-refractivity contribution in [1.82, 2.24) is 0 Å². The van der Waals surface area contributed by atoms with Crippen molar-refractivity contribution in [1.29, 1.82) is 0 Å². The van der Waals surface area contributed by atoms with Gasteiger partial charge in [0.25, 0.3) is 0 Å². The van der Waals surface area contributed by atoms with E-state index < -0.39 is 5.82 Å². The molecule has 0 spiro atoms. The summed E-state index contributed by atoms with van der Waals surface area (Å²) in [6, 6.07) is 4.28. The van der Waals surface area contributed by atoms with Crippen molar-refractivity contribution in [3.63, 3.8) is 0 Å². The Labute approximate surface area is 109 Å². The van der Waals surface area contributed by atoms with Crippen LogP contribution in [0, 0.1) is 5.82 Å². The summed E-state index contributed by atoms with van der Waals surface area (Å²) in [4.78, 5) is 0.794. The van der Waals surface area contributed by atoms with Crippen molar-refractivity contribution < 1.29 is 14.3 Å². The second-order valence-electron chi connectivity index (χ2n) is 4.07. The van der Waals surface area contributed by atoms with Crippen molar-refractivity contribution in [3.8, 4) is 0 Å². The number of hydrogen-bond acceptors (Lipinski definition) is 4. The molecule has 3 N–H and O–H groups in total. The van der Waals surface area contributed by atoms with Crippen molar-refractivity contribution >= 4 is 17.6 Å². The summed E-state index contributed by atoms with van der Waals surface area (Å²) >= 11 is 1.53. The van der Waals surface area contributed by atoms with E-state index in [-0.39, 0.29) is 11.9 Å². The van der Waals surface area contributed by atoms with Crippen LogP contribution in [0.1, 0.15) is 18.4 Å². The van der Waals surface area contributed by atoms with Crippen LogP contribution in [-0.2, 0) is 4.74 Å². The maximum atomic E-state index is 13.2. The zero-order chi connectivity index (χ0) is 13.0. The Bertz CT molecular complexity index is 448. The van der Waals surface area contributed by atoms with Gasteiger partial charge in [-0.15, -0.1) is 11.8 Å². The predicted octanol–water partition coefficient (Wildman–Crippen LogP) is 2.19. The van der Waals surface area contributed by atoms with E-state index in [4.69, 9.17) is 15.7 Å². The molecule has 0 radical (unpaired) electrons. The number of rotatable bonds is 4. The third kappa shape index (κ3) is 3.14. The first kappa shape index (κ1) is 13.2. The van der Waals surface area contributed by atoms with Gasteiger partial charge in [-0.05, 0) is 31.0 Å². The highest BCUT2D eigenvalue weighted by Gasteiger charge is 2.17. The summed E-state index contributed by atoms with van der Waals surface area (Å²) in [5.74, 6) is 0.305. The standard InChI is InChI=1S/C12H15FN2O2S/c13-8-3-4-11(10(6-8)12(14)15-16)18-7-9-2-1-5-17-9/h3-4,6,9,16H,1-2,5,7H2,(H2,14,15). The molecule has 18 heavy (non-hydrogen) atoms. The number of benzene rings is 1. The first-order valence-electron chi connectivity index (χ1n) is 5.72. The van der Waals surface area contributed by atoms with E-state index in [1.807, 2.05) is 0 Å². The molecule has 0 aromatic heterocycles. The Morgan fingerprint density at radius 3 is 3.11 bits per heavy atom. The zero-order valence-corrected chi connectivity index (χ0v) is 10.6. The van der Waals surface area contributed by atoms with E-state index in [0.29, 0.717) is 5.56 Å². The van der Waals surface area contributed by atoms with E-state index in [1.54, 1.807) is 6.07 Å². The van der Waals surface area contributed by atoms with Crippen LogP contribution < -0.4 is 5.73 Å². The van der Waals surface area contributed by atoms with Gasteiger partial charge in [0, 0.05) is 22.8 Å². The summed E-state index contributed by atoms with van der Waals surface area (Å²) in [5, 5.41) is 11.6. The monoisotopic (exact) mass is 270 g/mol. The van der Waals surface area contributed by atoms with Gasteiger partial charge < -0.3 is 15.7 Å². The molecule has 1 heterocycles. The van der Waals surface area contributed by atoms with Crippen LogP contribution in [0.3, 0.4) is 0 Å². The SMILES string of the molecule is N/C(=N/O)c1cc(F)ccc1SCC1CCCO1. The van der Waals surface area contributed by atoms with Crippen LogP contribution in [0.25, 0.3) is 0 Å². The van der Waals surface area contributed by atoms with E-state index in [1.165, 1.54) is 23.9 Å². The molecule has 0 bridgehead atoms. The highest BCUT2D eigenvalue weighted by atomic mass is 32.2. The summed E-state index contributed by atoms with van der Waals surface area (Å²) in [7, 11) is 0. The number of nitrogens with zero attached hydrogens (tertiary/aromatic N) is 1. The molecule has 1 aromatic carbocycles. The molecule has 4 nitrogen and oxygen atoms in total. The van der Waals surface area contributed by atoms with Gasteiger partial charge in [-0.1, -0.05) is 5.16 Å². The minimum absolute atomic E-state index is 0.0793. The molecule has 0 saturated carbocycles. The van der Waals surface area contributed by atoms with E-state index in [0.717, 1.165) is 30.1 Å². The molecule has 1 aliphatic rings.